The van der Waals surface area contributed by atoms with Gasteiger partial charge in [0.2, 0.25) is 0 Å². The minimum Gasteiger partial charge on any atom is -0.508 e. The van der Waals surface area contributed by atoms with E-state index in [1.165, 1.54) is 29.2 Å². The van der Waals surface area contributed by atoms with E-state index in [9.17, 15) is 14.7 Å². The van der Waals surface area contributed by atoms with E-state index in [2.05, 4.69) is 0 Å². The van der Waals surface area contributed by atoms with Gasteiger partial charge in [0.15, 0.2) is 0 Å². The van der Waals surface area contributed by atoms with E-state index in [0.29, 0.717) is 25.2 Å². The third-order valence-corrected chi connectivity index (χ3v) is 2.92. The van der Waals surface area contributed by atoms with Gasteiger partial charge >= 0.3 is 12.0 Å². The lowest BCUT2D eigenvalue weighted by Crippen LogP contribution is -2.46. The van der Waals surface area contributed by atoms with Crippen LogP contribution in [0.25, 0.3) is 0 Å². The number of amides is 2. The number of phenols is 1. The molecule has 7 nitrogen and oxygen atoms in total. The van der Waals surface area contributed by atoms with Gasteiger partial charge < -0.3 is 20.2 Å². The maximum Gasteiger partial charge on any atom is 0.325 e. The van der Waals surface area contributed by atoms with Gasteiger partial charge in [0, 0.05) is 25.4 Å². The van der Waals surface area contributed by atoms with Crippen molar-refractivity contribution in [1.82, 2.24) is 4.90 Å². The Kier molecular flexibility index (Phi) is 6.48. The standard InChI is InChI=1S/C14H20N2O5/c1-2-15(8-3-9-17)14(21)16(10-13(19)20)11-4-6-12(18)7-5-11/h4-7,17-18H,2-3,8-10H2,1H3,(H,19,20). The number of benzene rings is 1. The van der Waals surface area contributed by atoms with Crippen LogP contribution in [-0.4, -0.2) is 58.5 Å². The Labute approximate surface area is 123 Å². The summed E-state index contributed by atoms with van der Waals surface area (Å²) in [5.41, 5.74) is 0.391. The number of hydrogen-bond donors (Lipinski definition) is 3. The number of phenolic OH excluding ortho intramolecular Hbond substituents is 1. The molecule has 0 aliphatic rings. The molecule has 3 N–H and O–H groups in total. The largest absolute Gasteiger partial charge is 0.508 e. The number of carbonyl (C=O) groups is 2. The molecular formula is C14H20N2O5. The number of aliphatic hydroxyl groups is 1. The first-order valence-electron chi connectivity index (χ1n) is 6.67. The number of carboxylic acid groups (broad SMARTS) is 1. The minimum atomic E-state index is -1.13. The van der Waals surface area contributed by atoms with Gasteiger partial charge in [0.05, 0.1) is 0 Å². The Balaban J connectivity index is 2.97. The predicted octanol–water partition coefficient (Wildman–Crippen LogP) is 1.11. The highest BCUT2D eigenvalue weighted by Crippen LogP contribution is 2.19. The van der Waals surface area contributed by atoms with Gasteiger partial charge in [-0.25, -0.2) is 4.79 Å². The van der Waals surface area contributed by atoms with Crippen molar-refractivity contribution in [2.24, 2.45) is 0 Å². The summed E-state index contributed by atoms with van der Waals surface area (Å²) in [6, 6.07) is 5.30. The van der Waals surface area contributed by atoms with Crippen molar-refractivity contribution in [2.75, 3.05) is 31.1 Å². The Morgan fingerprint density at radius 2 is 1.81 bits per heavy atom. The molecule has 0 spiro atoms. The molecule has 0 fully saturated rings. The van der Waals surface area contributed by atoms with Gasteiger partial charge in [0.25, 0.3) is 0 Å². The number of aromatic hydroxyl groups is 1. The van der Waals surface area contributed by atoms with E-state index in [4.69, 9.17) is 10.2 Å². The molecule has 0 aromatic heterocycles. The monoisotopic (exact) mass is 296 g/mol. The molecule has 0 aliphatic heterocycles. The second kappa shape index (κ2) is 8.11. The average molecular weight is 296 g/mol. The predicted molar refractivity (Wildman–Crippen MR) is 77.4 cm³/mol. The summed E-state index contributed by atoms with van der Waals surface area (Å²) in [6.07, 6.45) is 0.427. The van der Waals surface area contributed by atoms with E-state index in [0.717, 1.165) is 4.90 Å². The number of anilines is 1. The number of aliphatic carboxylic acids is 1. The van der Waals surface area contributed by atoms with Crippen LogP contribution in [0.1, 0.15) is 13.3 Å². The van der Waals surface area contributed by atoms with Gasteiger partial charge in [0.1, 0.15) is 12.3 Å². The highest BCUT2D eigenvalue weighted by atomic mass is 16.4. The SMILES string of the molecule is CCN(CCCO)C(=O)N(CC(=O)O)c1ccc(O)cc1. The number of urea groups is 1. The number of nitrogens with zero attached hydrogens (tertiary/aromatic N) is 2. The van der Waals surface area contributed by atoms with Gasteiger partial charge in [-0.1, -0.05) is 0 Å². The molecule has 116 valence electrons. The molecule has 0 radical (unpaired) electrons. The fraction of sp³-hybridized carbons (Fsp3) is 0.429. The van der Waals surface area contributed by atoms with Crippen molar-refractivity contribution in [3.63, 3.8) is 0 Å². The lowest BCUT2D eigenvalue weighted by Gasteiger charge is -2.29. The zero-order valence-electron chi connectivity index (χ0n) is 11.9. The lowest BCUT2D eigenvalue weighted by molar-refractivity contribution is -0.135. The van der Waals surface area contributed by atoms with Gasteiger partial charge in [-0.05, 0) is 37.6 Å². The van der Waals surface area contributed by atoms with Crippen LogP contribution in [0.5, 0.6) is 5.75 Å². The Hall–Kier alpha value is -2.28. The van der Waals surface area contributed by atoms with E-state index in [1.54, 1.807) is 6.92 Å². The summed E-state index contributed by atoms with van der Waals surface area (Å²) in [6.45, 7) is 2.03. The lowest BCUT2D eigenvalue weighted by atomic mass is 10.2. The molecule has 0 saturated heterocycles. The zero-order valence-corrected chi connectivity index (χ0v) is 11.9. The number of hydrogen-bond acceptors (Lipinski definition) is 4. The number of rotatable bonds is 7. The first-order chi connectivity index (χ1) is 9.99. The Morgan fingerprint density at radius 3 is 2.29 bits per heavy atom. The van der Waals surface area contributed by atoms with Crippen molar-refractivity contribution in [2.45, 2.75) is 13.3 Å². The molecule has 7 heteroatoms. The number of aliphatic hydroxyl groups excluding tert-OH is 1. The highest BCUT2D eigenvalue weighted by molar-refractivity contribution is 5.96. The average Bonchev–Trinajstić information content (AvgIpc) is 2.46. The third-order valence-electron chi connectivity index (χ3n) is 2.92. The molecule has 21 heavy (non-hydrogen) atoms. The van der Waals surface area contributed by atoms with Crippen molar-refractivity contribution >= 4 is 17.7 Å². The normalized spacial score (nSPS) is 10.2. The Bertz CT molecular complexity index is 475. The first kappa shape index (κ1) is 16.8. The van der Waals surface area contributed by atoms with E-state index < -0.39 is 18.5 Å². The smallest absolute Gasteiger partial charge is 0.325 e. The van der Waals surface area contributed by atoms with E-state index in [1.807, 2.05) is 0 Å². The van der Waals surface area contributed by atoms with Crippen LogP contribution in [0.15, 0.2) is 24.3 Å². The molecule has 2 amide bonds. The van der Waals surface area contributed by atoms with E-state index >= 15 is 0 Å². The fourth-order valence-electron chi connectivity index (χ4n) is 1.86. The van der Waals surface area contributed by atoms with Crippen molar-refractivity contribution in [1.29, 1.82) is 0 Å². The van der Waals surface area contributed by atoms with Gasteiger partial charge in [-0.15, -0.1) is 0 Å². The molecule has 0 aliphatic carbocycles. The molecule has 0 unspecified atom stereocenters. The Morgan fingerprint density at radius 1 is 1.19 bits per heavy atom. The summed E-state index contributed by atoms with van der Waals surface area (Å²) >= 11 is 0. The molecule has 1 aromatic carbocycles. The summed E-state index contributed by atoms with van der Waals surface area (Å²) in [5, 5.41) is 27.1. The molecule has 0 heterocycles. The van der Waals surface area contributed by atoms with Crippen molar-refractivity contribution in [3.05, 3.63) is 24.3 Å². The van der Waals surface area contributed by atoms with Crippen LogP contribution in [0.3, 0.4) is 0 Å². The topological polar surface area (TPSA) is 101 Å². The van der Waals surface area contributed by atoms with Crippen LogP contribution in [-0.2, 0) is 4.79 Å². The molecule has 1 aromatic rings. The molecule has 0 bridgehead atoms. The maximum atomic E-state index is 12.4. The summed E-state index contributed by atoms with van der Waals surface area (Å²) in [5.74, 6) is -1.09. The van der Waals surface area contributed by atoms with Crippen LogP contribution < -0.4 is 4.90 Å². The van der Waals surface area contributed by atoms with Crippen LogP contribution in [0.4, 0.5) is 10.5 Å². The summed E-state index contributed by atoms with van der Waals surface area (Å²) < 4.78 is 0. The van der Waals surface area contributed by atoms with Gasteiger partial charge in [-0.2, -0.15) is 0 Å². The second-order valence-corrected chi connectivity index (χ2v) is 4.44. The van der Waals surface area contributed by atoms with Crippen LogP contribution >= 0.6 is 0 Å². The molecule has 1 rings (SSSR count). The zero-order chi connectivity index (χ0) is 15.8. The number of carboxylic acids is 1. The van der Waals surface area contributed by atoms with Crippen molar-refractivity contribution in [3.8, 4) is 5.75 Å². The molecule has 0 saturated carbocycles. The van der Waals surface area contributed by atoms with Crippen molar-refractivity contribution < 1.29 is 24.9 Å². The maximum absolute atomic E-state index is 12.4. The van der Waals surface area contributed by atoms with E-state index in [-0.39, 0.29) is 12.4 Å². The third kappa shape index (κ3) is 4.96. The van der Waals surface area contributed by atoms with Crippen LogP contribution in [0, 0.1) is 0 Å². The molecule has 0 atom stereocenters. The summed E-state index contributed by atoms with van der Waals surface area (Å²) in [7, 11) is 0. The summed E-state index contributed by atoms with van der Waals surface area (Å²) in [4.78, 5) is 26.0. The number of carbonyl (C=O) groups excluding carboxylic acids is 1. The second-order valence-electron chi connectivity index (χ2n) is 4.44. The first-order valence-corrected chi connectivity index (χ1v) is 6.67. The van der Waals surface area contributed by atoms with Gasteiger partial charge in [-0.3, -0.25) is 9.69 Å². The quantitative estimate of drug-likeness (QED) is 0.699. The van der Waals surface area contributed by atoms with Crippen LogP contribution in [0.2, 0.25) is 0 Å². The molecular weight excluding hydrogens is 276 g/mol. The fourth-order valence-corrected chi connectivity index (χ4v) is 1.86. The minimum absolute atomic E-state index is 0.0362. The highest BCUT2D eigenvalue weighted by Gasteiger charge is 2.23.